The number of carbonyl (C=O) groups is 1. The lowest BCUT2D eigenvalue weighted by atomic mass is 9.81. The molecular weight excluding hydrogens is 296 g/mol. The lowest BCUT2D eigenvalue weighted by molar-refractivity contribution is -0.125. The first-order chi connectivity index (χ1) is 9.88. The molecule has 22 heavy (non-hydrogen) atoms. The summed E-state index contributed by atoms with van der Waals surface area (Å²) in [4.78, 5) is 12.2. The van der Waals surface area contributed by atoms with E-state index < -0.39 is 6.04 Å². The van der Waals surface area contributed by atoms with Crippen LogP contribution in [-0.2, 0) is 4.79 Å². The molecule has 1 aliphatic rings. The molecule has 0 bridgehead atoms. The topological polar surface area (TPSA) is 55.1 Å². The van der Waals surface area contributed by atoms with Gasteiger partial charge in [0.1, 0.15) is 0 Å². The molecule has 0 saturated heterocycles. The largest absolute Gasteiger partial charge is 0.352 e. The van der Waals surface area contributed by atoms with Gasteiger partial charge in [-0.15, -0.1) is 12.4 Å². The van der Waals surface area contributed by atoms with Crippen LogP contribution in [0.1, 0.15) is 57.9 Å². The predicted molar refractivity (Wildman–Crippen MR) is 94.3 cm³/mol. The highest BCUT2D eigenvalue weighted by atomic mass is 35.5. The van der Waals surface area contributed by atoms with Crippen molar-refractivity contribution in [3.63, 3.8) is 0 Å². The second kappa shape index (κ2) is 7.98. The lowest BCUT2D eigenvalue weighted by Crippen LogP contribution is -2.51. The molecule has 4 heteroatoms. The zero-order chi connectivity index (χ0) is 15.5. The van der Waals surface area contributed by atoms with Gasteiger partial charge in [0, 0.05) is 6.04 Å². The summed E-state index contributed by atoms with van der Waals surface area (Å²) < 4.78 is 0. The highest BCUT2D eigenvalue weighted by Gasteiger charge is 2.30. The molecule has 0 aliphatic heterocycles. The van der Waals surface area contributed by atoms with E-state index in [1.807, 2.05) is 20.8 Å². The van der Waals surface area contributed by atoms with Crippen molar-refractivity contribution in [1.82, 2.24) is 5.32 Å². The van der Waals surface area contributed by atoms with Gasteiger partial charge in [-0.05, 0) is 42.6 Å². The van der Waals surface area contributed by atoms with E-state index in [4.69, 9.17) is 5.73 Å². The molecule has 1 amide bonds. The van der Waals surface area contributed by atoms with Gasteiger partial charge >= 0.3 is 0 Å². The standard InChI is InChI=1S/C18H28N2O.ClH/c1-18(2,3)16(19)17(21)20-15-11-9-14(10-12-15)13-7-5-4-6-8-13;/h4-8,14-16H,9-12,19H2,1-3H3,(H,20,21);1H/t14?,15?,16-;/m1./s1. The summed E-state index contributed by atoms with van der Waals surface area (Å²) in [5.41, 5.74) is 7.25. The third-order valence-corrected chi connectivity index (χ3v) is 4.56. The summed E-state index contributed by atoms with van der Waals surface area (Å²) in [6.45, 7) is 6.01. The highest BCUT2D eigenvalue weighted by molar-refractivity contribution is 5.85. The van der Waals surface area contributed by atoms with Crippen molar-refractivity contribution in [3.8, 4) is 0 Å². The monoisotopic (exact) mass is 324 g/mol. The Labute approximate surface area is 140 Å². The Morgan fingerprint density at radius 1 is 1.14 bits per heavy atom. The maximum Gasteiger partial charge on any atom is 0.237 e. The predicted octanol–water partition coefficient (Wildman–Crippen LogP) is 3.62. The Kier molecular flexibility index (Phi) is 6.89. The average molecular weight is 325 g/mol. The van der Waals surface area contributed by atoms with Crippen LogP contribution in [0.2, 0.25) is 0 Å². The third-order valence-electron chi connectivity index (χ3n) is 4.56. The van der Waals surface area contributed by atoms with E-state index in [2.05, 4.69) is 35.6 Å². The first-order valence-corrected chi connectivity index (χ1v) is 7.99. The second-order valence-corrected chi connectivity index (χ2v) is 7.31. The van der Waals surface area contributed by atoms with Gasteiger partial charge in [-0.3, -0.25) is 4.79 Å². The molecule has 3 N–H and O–H groups in total. The first-order valence-electron chi connectivity index (χ1n) is 7.99. The van der Waals surface area contributed by atoms with E-state index in [1.165, 1.54) is 5.56 Å². The fourth-order valence-corrected chi connectivity index (χ4v) is 2.98. The molecule has 0 heterocycles. The van der Waals surface area contributed by atoms with Crippen LogP contribution in [0.4, 0.5) is 0 Å². The van der Waals surface area contributed by atoms with E-state index in [9.17, 15) is 4.79 Å². The molecule has 1 fully saturated rings. The van der Waals surface area contributed by atoms with Crippen molar-refractivity contribution in [1.29, 1.82) is 0 Å². The molecule has 124 valence electrons. The molecule has 1 aromatic carbocycles. The van der Waals surface area contributed by atoms with Crippen LogP contribution >= 0.6 is 12.4 Å². The summed E-state index contributed by atoms with van der Waals surface area (Å²) in [6.07, 6.45) is 4.36. The van der Waals surface area contributed by atoms with Crippen LogP contribution in [-0.4, -0.2) is 18.0 Å². The minimum absolute atomic E-state index is 0. The Morgan fingerprint density at radius 2 is 1.68 bits per heavy atom. The summed E-state index contributed by atoms with van der Waals surface area (Å²) in [7, 11) is 0. The molecular formula is C18H29ClN2O. The van der Waals surface area contributed by atoms with Crippen molar-refractivity contribution in [2.24, 2.45) is 11.1 Å². The van der Waals surface area contributed by atoms with Gasteiger partial charge in [-0.2, -0.15) is 0 Å². The molecule has 0 radical (unpaired) electrons. The van der Waals surface area contributed by atoms with Crippen molar-refractivity contribution < 1.29 is 4.79 Å². The number of amides is 1. The third kappa shape index (κ3) is 4.99. The molecule has 1 atom stereocenters. The Hall–Kier alpha value is -1.06. The fraction of sp³-hybridized carbons (Fsp3) is 0.611. The SMILES string of the molecule is CC(C)(C)[C@H](N)C(=O)NC1CCC(c2ccccc2)CC1.Cl. The van der Waals surface area contributed by atoms with Gasteiger partial charge in [0.25, 0.3) is 0 Å². The molecule has 2 rings (SSSR count). The van der Waals surface area contributed by atoms with Crippen LogP contribution in [0.3, 0.4) is 0 Å². The quantitative estimate of drug-likeness (QED) is 0.892. The van der Waals surface area contributed by atoms with Crippen molar-refractivity contribution in [2.45, 2.75) is 64.5 Å². The first kappa shape index (κ1) is 19.0. The van der Waals surface area contributed by atoms with E-state index >= 15 is 0 Å². The summed E-state index contributed by atoms with van der Waals surface area (Å²) in [6, 6.07) is 10.5. The number of halogens is 1. The van der Waals surface area contributed by atoms with Crippen LogP contribution < -0.4 is 11.1 Å². The van der Waals surface area contributed by atoms with E-state index in [-0.39, 0.29) is 29.8 Å². The van der Waals surface area contributed by atoms with Gasteiger partial charge in [0.15, 0.2) is 0 Å². The van der Waals surface area contributed by atoms with Crippen molar-refractivity contribution >= 4 is 18.3 Å². The zero-order valence-electron chi connectivity index (χ0n) is 13.8. The number of rotatable bonds is 3. The lowest BCUT2D eigenvalue weighted by Gasteiger charge is -2.32. The number of hydrogen-bond donors (Lipinski definition) is 2. The molecule has 0 aromatic heterocycles. The van der Waals surface area contributed by atoms with E-state index in [0.717, 1.165) is 25.7 Å². The van der Waals surface area contributed by atoms with Crippen molar-refractivity contribution in [3.05, 3.63) is 35.9 Å². The van der Waals surface area contributed by atoms with Crippen LogP contribution in [0, 0.1) is 5.41 Å². The average Bonchev–Trinajstić information content (AvgIpc) is 2.47. The highest BCUT2D eigenvalue weighted by Crippen LogP contribution is 2.32. The molecule has 1 saturated carbocycles. The maximum absolute atomic E-state index is 12.2. The van der Waals surface area contributed by atoms with Gasteiger partial charge in [0.2, 0.25) is 5.91 Å². The molecule has 0 unspecified atom stereocenters. The fourth-order valence-electron chi connectivity index (χ4n) is 2.98. The van der Waals surface area contributed by atoms with Crippen LogP contribution in [0.15, 0.2) is 30.3 Å². The van der Waals surface area contributed by atoms with Crippen LogP contribution in [0.5, 0.6) is 0 Å². The minimum Gasteiger partial charge on any atom is -0.352 e. The number of nitrogens with two attached hydrogens (primary N) is 1. The van der Waals surface area contributed by atoms with Gasteiger partial charge in [-0.25, -0.2) is 0 Å². The smallest absolute Gasteiger partial charge is 0.237 e. The Morgan fingerprint density at radius 3 is 2.18 bits per heavy atom. The Bertz CT molecular complexity index is 462. The maximum atomic E-state index is 12.2. The Balaban J connectivity index is 0.00000242. The molecule has 1 aromatic rings. The molecule has 1 aliphatic carbocycles. The number of nitrogens with one attached hydrogen (secondary N) is 1. The van der Waals surface area contributed by atoms with E-state index in [1.54, 1.807) is 0 Å². The molecule has 3 nitrogen and oxygen atoms in total. The van der Waals surface area contributed by atoms with Crippen molar-refractivity contribution in [2.75, 3.05) is 0 Å². The van der Waals surface area contributed by atoms with Crippen LogP contribution in [0.25, 0.3) is 0 Å². The summed E-state index contributed by atoms with van der Waals surface area (Å²) in [5, 5.41) is 3.13. The normalized spacial score (nSPS) is 23.3. The van der Waals surface area contributed by atoms with Gasteiger partial charge in [0.05, 0.1) is 6.04 Å². The summed E-state index contributed by atoms with van der Waals surface area (Å²) >= 11 is 0. The second-order valence-electron chi connectivity index (χ2n) is 7.31. The van der Waals surface area contributed by atoms with Gasteiger partial charge in [-0.1, -0.05) is 51.1 Å². The minimum atomic E-state index is -0.440. The number of carbonyl (C=O) groups excluding carboxylic acids is 1. The number of hydrogen-bond acceptors (Lipinski definition) is 2. The zero-order valence-corrected chi connectivity index (χ0v) is 14.7. The van der Waals surface area contributed by atoms with E-state index in [0.29, 0.717) is 5.92 Å². The molecule has 0 spiro atoms. The number of benzene rings is 1. The van der Waals surface area contributed by atoms with Gasteiger partial charge < -0.3 is 11.1 Å². The summed E-state index contributed by atoms with van der Waals surface area (Å²) in [5.74, 6) is 0.626.